The number of benzene rings is 3. The SMILES string of the molecule is O=C(Cn1c(-c2ccccc2)nc2ccc(-c3cccc(CO)c3)cc2c1=O)NCC1CC1. The summed E-state index contributed by atoms with van der Waals surface area (Å²) in [6.07, 6.45) is 2.29. The van der Waals surface area contributed by atoms with Gasteiger partial charge in [0.25, 0.3) is 5.56 Å². The van der Waals surface area contributed by atoms with Gasteiger partial charge in [0, 0.05) is 12.1 Å². The molecular formula is C27H25N3O3. The van der Waals surface area contributed by atoms with Crippen molar-refractivity contribution in [2.45, 2.75) is 26.0 Å². The molecule has 1 saturated carbocycles. The Hall–Kier alpha value is -3.77. The highest BCUT2D eigenvalue weighted by Gasteiger charge is 2.22. The molecule has 5 rings (SSSR count). The number of hydrogen-bond acceptors (Lipinski definition) is 4. The number of rotatable bonds is 7. The molecule has 33 heavy (non-hydrogen) atoms. The summed E-state index contributed by atoms with van der Waals surface area (Å²) in [5, 5.41) is 12.9. The van der Waals surface area contributed by atoms with Crippen molar-refractivity contribution < 1.29 is 9.90 Å². The van der Waals surface area contributed by atoms with Crippen molar-refractivity contribution in [1.82, 2.24) is 14.9 Å². The molecule has 1 aliphatic carbocycles. The summed E-state index contributed by atoms with van der Waals surface area (Å²) in [5.41, 5.74) is 3.68. The molecule has 166 valence electrons. The molecule has 6 nitrogen and oxygen atoms in total. The van der Waals surface area contributed by atoms with Crippen molar-refractivity contribution in [3.05, 3.63) is 88.7 Å². The highest BCUT2D eigenvalue weighted by molar-refractivity contribution is 5.86. The minimum atomic E-state index is -0.249. The van der Waals surface area contributed by atoms with Crippen LogP contribution in [0.3, 0.4) is 0 Å². The van der Waals surface area contributed by atoms with E-state index < -0.39 is 0 Å². The summed E-state index contributed by atoms with van der Waals surface area (Å²) in [7, 11) is 0. The quantitative estimate of drug-likeness (QED) is 0.459. The third kappa shape index (κ3) is 4.56. The molecule has 1 aromatic heterocycles. The van der Waals surface area contributed by atoms with Gasteiger partial charge in [-0.15, -0.1) is 0 Å². The van der Waals surface area contributed by atoms with Crippen LogP contribution in [-0.2, 0) is 17.9 Å². The number of nitrogens with zero attached hydrogens (tertiary/aromatic N) is 2. The highest BCUT2D eigenvalue weighted by atomic mass is 16.3. The lowest BCUT2D eigenvalue weighted by Gasteiger charge is -2.14. The third-order valence-electron chi connectivity index (χ3n) is 6.02. The van der Waals surface area contributed by atoms with Gasteiger partial charge in [-0.05, 0) is 53.6 Å². The van der Waals surface area contributed by atoms with Crippen LogP contribution in [0.4, 0.5) is 0 Å². The molecule has 0 radical (unpaired) electrons. The summed E-state index contributed by atoms with van der Waals surface area (Å²) in [6, 6.07) is 22.6. The summed E-state index contributed by atoms with van der Waals surface area (Å²) in [6.45, 7) is 0.524. The molecule has 3 aromatic carbocycles. The molecule has 1 aliphatic rings. The second-order valence-corrected chi connectivity index (χ2v) is 8.53. The number of amides is 1. The first-order valence-electron chi connectivity index (χ1n) is 11.2. The van der Waals surface area contributed by atoms with Crippen molar-refractivity contribution in [3.63, 3.8) is 0 Å². The van der Waals surface area contributed by atoms with Gasteiger partial charge in [-0.25, -0.2) is 4.98 Å². The van der Waals surface area contributed by atoms with Gasteiger partial charge >= 0.3 is 0 Å². The zero-order valence-corrected chi connectivity index (χ0v) is 18.2. The monoisotopic (exact) mass is 439 g/mol. The first-order valence-corrected chi connectivity index (χ1v) is 11.2. The predicted octanol–water partition coefficient (Wildman–Crippen LogP) is 3.75. The molecular weight excluding hydrogens is 414 g/mol. The Morgan fingerprint density at radius 3 is 2.48 bits per heavy atom. The smallest absolute Gasteiger partial charge is 0.262 e. The van der Waals surface area contributed by atoms with Crippen LogP contribution < -0.4 is 10.9 Å². The van der Waals surface area contributed by atoms with Crippen molar-refractivity contribution in [2.24, 2.45) is 5.92 Å². The van der Waals surface area contributed by atoms with Gasteiger partial charge < -0.3 is 10.4 Å². The minimum absolute atomic E-state index is 0.0494. The van der Waals surface area contributed by atoms with Gasteiger partial charge in [0.05, 0.1) is 17.5 Å². The molecule has 1 fully saturated rings. The van der Waals surface area contributed by atoms with Crippen molar-refractivity contribution in [1.29, 1.82) is 0 Å². The molecule has 0 spiro atoms. The second-order valence-electron chi connectivity index (χ2n) is 8.53. The van der Waals surface area contributed by atoms with Crippen LogP contribution in [0.25, 0.3) is 33.4 Å². The molecule has 0 bridgehead atoms. The van der Waals surface area contributed by atoms with E-state index in [2.05, 4.69) is 5.32 Å². The van der Waals surface area contributed by atoms with E-state index in [0.29, 0.717) is 29.2 Å². The first-order chi connectivity index (χ1) is 16.1. The molecule has 0 unspecified atom stereocenters. The molecule has 6 heteroatoms. The van der Waals surface area contributed by atoms with E-state index in [9.17, 15) is 14.7 Å². The van der Waals surface area contributed by atoms with Gasteiger partial charge in [-0.3, -0.25) is 14.2 Å². The molecule has 1 amide bonds. The third-order valence-corrected chi connectivity index (χ3v) is 6.02. The number of aliphatic hydroxyl groups excluding tert-OH is 1. The van der Waals surface area contributed by atoms with Crippen LogP contribution in [0.15, 0.2) is 77.6 Å². The molecule has 0 saturated heterocycles. The average molecular weight is 440 g/mol. The van der Waals surface area contributed by atoms with E-state index >= 15 is 0 Å². The zero-order valence-electron chi connectivity index (χ0n) is 18.2. The van der Waals surface area contributed by atoms with Gasteiger partial charge in [-0.1, -0.05) is 54.6 Å². The zero-order chi connectivity index (χ0) is 22.8. The van der Waals surface area contributed by atoms with Crippen molar-refractivity contribution in [2.75, 3.05) is 6.54 Å². The van der Waals surface area contributed by atoms with Gasteiger partial charge in [0.15, 0.2) is 0 Å². The van der Waals surface area contributed by atoms with Crippen molar-refractivity contribution in [3.8, 4) is 22.5 Å². The number of hydrogen-bond donors (Lipinski definition) is 2. The van der Waals surface area contributed by atoms with E-state index in [-0.39, 0.29) is 24.6 Å². The largest absolute Gasteiger partial charge is 0.392 e. The highest BCUT2D eigenvalue weighted by Crippen LogP contribution is 2.28. The fraction of sp³-hybridized carbons (Fsp3) is 0.222. The van der Waals surface area contributed by atoms with Crippen molar-refractivity contribution >= 4 is 16.8 Å². The van der Waals surface area contributed by atoms with Crippen LogP contribution >= 0.6 is 0 Å². The van der Waals surface area contributed by atoms with Crippen LogP contribution in [0.2, 0.25) is 0 Å². The fourth-order valence-corrected chi connectivity index (χ4v) is 3.98. The van der Waals surface area contributed by atoms with E-state index in [0.717, 1.165) is 35.1 Å². The van der Waals surface area contributed by atoms with Crippen LogP contribution in [0.1, 0.15) is 18.4 Å². The van der Waals surface area contributed by atoms with E-state index in [4.69, 9.17) is 4.98 Å². The maximum Gasteiger partial charge on any atom is 0.262 e. The first kappa shape index (κ1) is 21.1. The van der Waals surface area contributed by atoms with E-state index in [1.807, 2.05) is 72.8 Å². The number of nitrogens with one attached hydrogen (secondary N) is 1. The normalized spacial score (nSPS) is 13.2. The standard InChI is InChI=1S/C27H25N3O3/c31-17-19-5-4-8-21(13-19)22-11-12-24-23(14-22)27(33)30(16-25(32)28-15-18-9-10-18)26(29-24)20-6-2-1-3-7-20/h1-8,11-14,18,31H,9-10,15-17H2,(H,28,32). The molecule has 1 heterocycles. The maximum atomic E-state index is 13.6. The number of carbonyl (C=O) groups excluding carboxylic acids is 1. The van der Waals surface area contributed by atoms with Gasteiger partial charge in [0.2, 0.25) is 5.91 Å². The summed E-state index contributed by atoms with van der Waals surface area (Å²) in [4.78, 5) is 31.0. The Bertz CT molecular complexity index is 1370. The Balaban J connectivity index is 1.61. The lowest BCUT2D eigenvalue weighted by atomic mass is 10.0. The molecule has 4 aromatic rings. The maximum absolute atomic E-state index is 13.6. The van der Waals surface area contributed by atoms with Gasteiger partial charge in [-0.2, -0.15) is 0 Å². The lowest BCUT2D eigenvalue weighted by molar-refractivity contribution is -0.121. The summed E-state index contributed by atoms with van der Waals surface area (Å²) < 4.78 is 1.47. The summed E-state index contributed by atoms with van der Waals surface area (Å²) in [5.74, 6) is 0.852. The van der Waals surface area contributed by atoms with Gasteiger partial charge in [0.1, 0.15) is 12.4 Å². The second kappa shape index (κ2) is 9.00. The Labute approximate surface area is 191 Å². The minimum Gasteiger partial charge on any atom is -0.392 e. The number of aromatic nitrogens is 2. The van der Waals surface area contributed by atoms with Crippen LogP contribution in [-0.4, -0.2) is 27.1 Å². The molecule has 0 atom stereocenters. The van der Waals surface area contributed by atoms with Crippen LogP contribution in [0, 0.1) is 5.92 Å². The topological polar surface area (TPSA) is 84.2 Å². The van der Waals surface area contributed by atoms with Crippen LogP contribution in [0.5, 0.6) is 0 Å². The fourth-order valence-electron chi connectivity index (χ4n) is 3.98. The lowest BCUT2D eigenvalue weighted by Crippen LogP contribution is -2.34. The predicted molar refractivity (Wildman–Crippen MR) is 129 cm³/mol. The number of aliphatic hydroxyl groups is 1. The van der Waals surface area contributed by atoms with E-state index in [1.54, 1.807) is 0 Å². The number of fused-ring (bicyclic) bond motifs is 1. The number of carbonyl (C=O) groups is 1. The van der Waals surface area contributed by atoms with E-state index in [1.165, 1.54) is 4.57 Å². The molecule has 0 aliphatic heterocycles. The average Bonchev–Trinajstić information content (AvgIpc) is 3.69. The molecule has 2 N–H and O–H groups in total. The summed E-state index contributed by atoms with van der Waals surface area (Å²) >= 11 is 0. The Kier molecular flexibility index (Phi) is 5.75. The Morgan fingerprint density at radius 2 is 1.73 bits per heavy atom. The Morgan fingerprint density at radius 1 is 0.970 bits per heavy atom.